The first-order valence-corrected chi connectivity index (χ1v) is 7.71. The van der Waals surface area contributed by atoms with Crippen molar-refractivity contribution in [2.75, 3.05) is 24.5 Å². The number of rotatable bonds is 4. The van der Waals surface area contributed by atoms with Gasteiger partial charge in [-0.25, -0.2) is 4.98 Å². The summed E-state index contributed by atoms with van der Waals surface area (Å²) in [4.78, 5) is 7.23. The molecule has 1 aromatic heterocycles. The first kappa shape index (κ1) is 13.4. The van der Waals surface area contributed by atoms with Crippen LogP contribution in [0.25, 0.3) is 10.9 Å². The number of anilines is 1. The zero-order chi connectivity index (χ0) is 13.8. The topological polar surface area (TPSA) is 28.2 Å². The molecule has 0 radical (unpaired) electrons. The lowest BCUT2D eigenvalue weighted by Gasteiger charge is -2.34. The fourth-order valence-electron chi connectivity index (χ4n) is 2.93. The summed E-state index contributed by atoms with van der Waals surface area (Å²) in [6.07, 6.45) is 3.73. The Bertz CT molecular complexity index is 567. The number of fused-ring (bicyclic) bond motifs is 1. The summed E-state index contributed by atoms with van der Waals surface area (Å²) in [5, 5.41) is 4.86. The SMILES string of the molecule is CCCNC1CCCN(c2ccc3ccccc3n2)C1. The molecule has 1 unspecified atom stereocenters. The fourth-order valence-corrected chi connectivity index (χ4v) is 2.93. The average Bonchev–Trinajstić information content (AvgIpc) is 2.53. The molecular formula is C17H23N3. The van der Waals surface area contributed by atoms with Gasteiger partial charge in [0, 0.05) is 24.5 Å². The lowest BCUT2D eigenvalue weighted by molar-refractivity contribution is 0.422. The van der Waals surface area contributed by atoms with Gasteiger partial charge in [0.2, 0.25) is 0 Å². The Hall–Kier alpha value is -1.61. The lowest BCUT2D eigenvalue weighted by Crippen LogP contribution is -2.46. The highest BCUT2D eigenvalue weighted by molar-refractivity contribution is 5.80. The number of benzene rings is 1. The van der Waals surface area contributed by atoms with Gasteiger partial charge in [-0.3, -0.25) is 0 Å². The van der Waals surface area contributed by atoms with Crippen LogP contribution in [0.1, 0.15) is 26.2 Å². The molecule has 106 valence electrons. The lowest BCUT2D eigenvalue weighted by atomic mass is 10.1. The van der Waals surface area contributed by atoms with Crippen molar-refractivity contribution in [2.24, 2.45) is 0 Å². The van der Waals surface area contributed by atoms with Gasteiger partial charge in [0.15, 0.2) is 0 Å². The van der Waals surface area contributed by atoms with Crippen LogP contribution < -0.4 is 10.2 Å². The average molecular weight is 269 g/mol. The van der Waals surface area contributed by atoms with Crippen molar-refractivity contribution < 1.29 is 0 Å². The smallest absolute Gasteiger partial charge is 0.129 e. The second kappa shape index (κ2) is 6.23. The van der Waals surface area contributed by atoms with E-state index in [9.17, 15) is 0 Å². The van der Waals surface area contributed by atoms with Crippen molar-refractivity contribution in [1.29, 1.82) is 0 Å². The maximum absolute atomic E-state index is 4.81. The van der Waals surface area contributed by atoms with Crippen LogP contribution in [0, 0.1) is 0 Å². The largest absolute Gasteiger partial charge is 0.355 e. The van der Waals surface area contributed by atoms with E-state index in [0.29, 0.717) is 6.04 Å². The Kier molecular flexibility index (Phi) is 4.16. The Morgan fingerprint density at radius 2 is 2.15 bits per heavy atom. The molecule has 3 nitrogen and oxygen atoms in total. The number of para-hydroxylation sites is 1. The highest BCUT2D eigenvalue weighted by Gasteiger charge is 2.20. The number of nitrogens with one attached hydrogen (secondary N) is 1. The third kappa shape index (κ3) is 2.93. The summed E-state index contributed by atoms with van der Waals surface area (Å²) >= 11 is 0. The zero-order valence-corrected chi connectivity index (χ0v) is 12.2. The minimum atomic E-state index is 0.608. The van der Waals surface area contributed by atoms with E-state index in [1.54, 1.807) is 0 Å². The molecule has 1 saturated heterocycles. The molecule has 1 aromatic carbocycles. The highest BCUT2D eigenvalue weighted by Crippen LogP contribution is 2.21. The number of piperidine rings is 1. The molecule has 0 bridgehead atoms. The molecule has 1 atom stereocenters. The number of aromatic nitrogens is 1. The van der Waals surface area contributed by atoms with Crippen molar-refractivity contribution >= 4 is 16.7 Å². The molecule has 1 N–H and O–H groups in total. The van der Waals surface area contributed by atoms with Gasteiger partial charge in [0.05, 0.1) is 5.52 Å². The van der Waals surface area contributed by atoms with Gasteiger partial charge in [-0.15, -0.1) is 0 Å². The third-order valence-corrected chi connectivity index (χ3v) is 4.01. The summed E-state index contributed by atoms with van der Waals surface area (Å²) < 4.78 is 0. The molecule has 2 aromatic rings. The number of pyridine rings is 1. The van der Waals surface area contributed by atoms with Crippen LogP contribution in [0.5, 0.6) is 0 Å². The van der Waals surface area contributed by atoms with Crippen LogP contribution in [0.15, 0.2) is 36.4 Å². The molecule has 1 fully saturated rings. The van der Waals surface area contributed by atoms with Gasteiger partial charge in [0.25, 0.3) is 0 Å². The molecule has 1 aliphatic heterocycles. The number of hydrogen-bond donors (Lipinski definition) is 1. The van der Waals surface area contributed by atoms with Crippen molar-refractivity contribution in [3.8, 4) is 0 Å². The molecule has 0 saturated carbocycles. The predicted molar refractivity (Wildman–Crippen MR) is 85.3 cm³/mol. The second-order valence-corrected chi connectivity index (χ2v) is 5.60. The first-order chi connectivity index (χ1) is 9.86. The van der Waals surface area contributed by atoms with Crippen molar-refractivity contribution in [3.05, 3.63) is 36.4 Å². The quantitative estimate of drug-likeness (QED) is 0.924. The van der Waals surface area contributed by atoms with Gasteiger partial charge in [-0.05, 0) is 44.0 Å². The van der Waals surface area contributed by atoms with Crippen LogP contribution in [-0.4, -0.2) is 30.7 Å². The number of nitrogens with zero attached hydrogens (tertiary/aromatic N) is 2. The van der Waals surface area contributed by atoms with E-state index in [1.807, 2.05) is 0 Å². The van der Waals surface area contributed by atoms with E-state index in [-0.39, 0.29) is 0 Å². The van der Waals surface area contributed by atoms with Crippen LogP contribution in [0.4, 0.5) is 5.82 Å². The fraction of sp³-hybridized carbons (Fsp3) is 0.471. The van der Waals surface area contributed by atoms with Gasteiger partial charge in [-0.2, -0.15) is 0 Å². The van der Waals surface area contributed by atoms with E-state index in [4.69, 9.17) is 4.98 Å². The molecule has 3 heteroatoms. The minimum Gasteiger partial charge on any atom is -0.355 e. The molecule has 1 aliphatic rings. The van der Waals surface area contributed by atoms with Crippen LogP contribution in [-0.2, 0) is 0 Å². The van der Waals surface area contributed by atoms with Gasteiger partial charge in [0.1, 0.15) is 5.82 Å². The molecule has 0 spiro atoms. The zero-order valence-electron chi connectivity index (χ0n) is 12.2. The van der Waals surface area contributed by atoms with Crippen molar-refractivity contribution in [3.63, 3.8) is 0 Å². The molecule has 0 amide bonds. The van der Waals surface area contributed by atoms with E-state index in [1.165, 1.54) is 24.6 Å². The molecule has 20 heavy (non-hydrogen) atoms. The highest BCUT2D eigenvalue weighted by atomic mass is 15.2. The first-order valence-electron chi connectivity index (χ1n) is 7.71. The summed E-state index contributed by atoms with van der Waals surface area (Å²) in [6.45, 7) is 5.53. The maximum atomic E-state index is 4.81. The van der Waals surface area contributed by atoms with Gasteiger partial charge in [-0.1, -0.05) is 25.1 Å². The van der Waals surface area contributed by atoms with E-state index in [2.05, 4.69) is 53.5 Å². The summed E-state index contributed by atoms with van der Waals surface area (Å²) in [7, 11) is 0. The van der Waals surface area contributed by atoms with Crippen LogP contribution in [0.2, 0.25) is 0 Å². The summed E-state index contributed by atoms with van der Waals surface area (Å²) in [5.41, 5.74) is 1.09. The molecule has 2 heterocycles. The summed E-state index contributed by atoms with van der Waals surface area (Å²) in [5.74, 6) is 1.12. The monoisotopic (exact) mass is 269 g/mol. The Morgan fingerprint density at radius 1 is 1.25 bits per heavy atom. The number of hydrogen-bond acceptors (Lipinski definition) is 3. The third-order valence-electron chi connectivity index (χ3n) is 4.01. The Labute approximate surface area is 121 Å². The van der Waals surface area contributed by atoms with Crippen LogP contribution in [0.3, 0.4) is 0 Å². The standard InChI is InChI=1S/C17H23N3/c1-2-11-18-15-7-5-12-20(13-15)17-10-9-14-6-3-4-8-16(14)19-17/h3-4,6,8-10,15,18H,2,5,7,11-13H2,1H3. The van der Waals surface area contributed by atoms with Gasteiger partial charge >= 0.3 is 0 Å². The van der Waals surface area contributed by atoms with E-state index < -0.39 is 0 Å². The van der Waals surface area contributed by atoms with Crippen molar-refractivity contribution in [1.82, 2.24) is 10.3 Å². The molecular weight excluding hydrogens is 246 g/mol. The summed E-state index contributed by atoms with van der Waals surface area (Å²) in [6, 6.07) is 13.3. The van der Waals surface area contributed by atoms with Gasteiger partial charge < -0.3 is 10.2 Å². The Morgan fingerprint density at radius 3 is 3.05 bits per heavy atom. The Balaban J connectivity index is 1.76. The van der Waals surface area contributed by atoms with E-state index in [0.717, 1.165) is 31.0 Å². The predicted octanol–water partition coefficient (Wildman–Crippen LogP) is 3.20. The van der Waals surface area contributed by atoms with Crippen molar-refractivity contribution in [2.45, 2.75) is 32.2 Å². The second-order valence-electron chi connectivity index (χ2n) is 5.60. The normalized spacial score (nSPS) is 19.4. The maximum Gasteiger partial charge on any atom is 0.129 e. The molecule has 0 aliphatic carbocycles. The minimum absolute atomic E-state index is 0.608. The van der Waals surface area contributed by atoms with E-state index >= 15 is 0 Å². The van der Waals surface area contributed by atoms with Crippen LogP contribution >= 0.6 is 0 Å². The molecule has 3 rings (SSSR count).